The van der Waals surface area contributed by atoms with Crippen molar-refractivity contribution in [3.63, 3.8) is 0 Å². The summed E-state index contributed by atoms with van der Waals surface area (Å²) in [4.78, 5) is 3.94. The zero-order valence-electron chi connectivity index (χ0n) is 9.84. The fourth-order valence-corrected chi connectivity index (χ4v) is 2.74. The van der Waals surface area contributed by atoms with Crippen molar-refractivity contribution in [2.45, 2.75) is 25.3 Å². The predicted octanol–water partition coefficient (Wildman–Crippen LogP) is -1.45. The first-order valence-electron chi connectivity index (χ1n) is 5.72. The average molecular weight is 260 g/mol. The number of nitrogens with zero attached hydrogens (tertiary/aromatic N) is 2. The predicted molar refractivity (Wildman–Crippen MR) is 54.7 cm³/mol. The second-order valence-corrected chi connectivity index (χ2v) is 4.66. The Bertz CT molecular complexity index is 227. The summed E-state index contributed by atoms with van der Waals surface area (Å²) >= 11 is 0. The maximum atomic E-state index is 12.3. The van der Waals surface area contributed by atoms with Crippen molar-refractivity contribution in [3.8, 4) is 0 Å². The van der Waals surface area contributed by atoms with Gasteiger partial charge in [-0.25, -0.2) is 0 Å². The second-order valence-electron chi connectivity index (χ2n) is 4.66. The topological polar surface area (TPSA) is 6.48 Å². The molecule has 0 spiro atoms. The van der Waals surface area contributed by atoms with E-state index in [4.69, 9.17) is 0 Å². The van der Waals surface area contributed by atoms with Crippen LogP contribution >= 0.6 is 0 Å². The van der Waals surface area contributed by atoms with Crippen molar-refractivity contribution in [1.29, 1.82) is 0 Å². The molecule has 2 heterocycles. The third-order valence-corrected chi connectivity index (χ3v) is 3.35. The number of hydrogen-bond acceptors (Lipinski definition) is 2. The molecule has 1 atom stereocenters. The number of halogens is 3. The Morgan fingerprint density at radius 3 is 2.44 bits per heavy atom. The number of hydrogen-bond donors (Lipinski definition) is 0. The van der Waals surface area contributed by atoms with Crippen LogP contribution < -0.4 is 51.4 Å². The van der Waals surface area contributed by atoms with Gasteiger partial charge < -0.3 is 17.8 Å². The first-order valence-corrected chi connectivity index (χ1v) is 5.72. The molecule has 0 N–H and O–H groups in total. The van der Waals surface area contributed by atoms with E-state index in [0.717, 1.165) is 32.4 Å². The van der Waals surface area contributed by atoms with Crippen LogP contribution in [0.2, 0.25) is 0 Å². The molecule has 16 heavy (non-hydrogen) atoms. The van der Waals surface area contributed by atoms with E-state index in [0.29, 0.717) is 19.1 Å². The Labute approximate surface area is 137 Å². The molecule has 0 aliphatic carbocycles. The summed E-state index contributed by atoms with van der Waals surface area (Å²) in [6.07, 6.45) is 2.42. The molecule has 0 bridgehead atoms. The standard InChI is InChI=1S/C9H17BF3N2.K/c11-10(12,13)8-14-4-2-6-15-5-1-3-9(15)7-14;/h9H,1-8H2;/q-1;+1. The molecule has 2 nitrogen and oxygen atoms in total. The van der Waals surface area contributed by atoms with E-state index in [9.17, 15) is 12.9 Å². The number of rotatable bonds is 2. The molecule has 0 aromatic rings. The molecule has 2 saturated heterocycles. The first kappa shape index (κ1) is 15.5. The Kier molecular flexibility index (Phi) is 6.32. The zero-order valence-corrected chi connectivity index (χ0v) is 13.0. The van der Waals surface area contributed by atoms with Crippen molar-refractivity contribution in [1.82, 2.24) is 9.80 Å². The van der Waals surface area contributed by atoms with Gasteiger partial charge in [0.1, 0.15) is 0 Å². The maximum Gasteiger partial charge on any atom is 1.00 e. The van der Waals surface area contributed by atoms with Crippen LogP contribution in [-0.4, -0.2) is 55.4 Å². The van der Waals surface area contributed by atoms with Crippen LogP contribution in [0.15, 0.2) is 0 Å². The van der Waals surface area contributed by atoms with Crippen LogP contribution in [-0.2, 0) is 0 Å². The summed E-state index contributed by atoms with van der Waals surface area (Å²) in [5.41, 5.74) is 0. The summed E-state index contributed by atoms with van der Waals surface area (Å²) < 4.78 is 37.0. The molecule has 2 aliphatic rings. The molecular formula is C9H17BF3KN2. The molecule has 0 amide bonds. The van der Waals surface area contributed by atoms with Crippen molar-refractivity contribution in [3.05, 3.63) is 0 Å². The van der Waals surface area contributed by atoms with Gasteiger partial charge in [0.05, 0.1) is 0 Å². The van der Waals surface area contributed by atoms with Crippen molar-refractivity contribution in [2.24, 2.45) is 0 Å². The van der Waals surface area contributed by atoms with E-state index in [2.05, 4.69) is 4.90 Å². The van der Waals surface area contributed by atoms with Crippen molar-refractivity contribution >= 4 is 6.98 Å². The molecule has 1 unspecified atom stereocenters. The van der Waals surface area contributed by atoms with Crippen LogP contribution in [0.4, 0.5) is 12.9 Å². The van der Waals surface area contributed by atoms with Crippen LogP contribution in [0.5, 0.6) is 0 Å². The van der Waals surface area contributed by atoms with Gasteiger partial charge in [0.25, 0.3) is 0 Å². The monoisotopic (exact) mass is 260 g/mol. The van der Waals surface area contributed by atoms with E-state index in [1.54, 1.807) is 4.90 Å². The molecule has 7 heteroatoms. The first-order chi connectivity index (χ1) is 7.04. The minimum Gasteiger partial charge on any atom is -0.448 e. The quantitative estimate of drug-likeness (QED) is 0.560. The van der Waals surface area contributed by atoms with Gasteiger partial charge in [-0.15, -0.1) is 0 Å². The molecule has 0 saturated carbocycles. The van der Waals surface area contributed by atoms with Crippen LogP contribution in [0.1, 0.15) is 19.3 Å². The normalized spacial score (nSPS) is 28.3. The molecule has 0 radical (unpaired) electrons. The third-order valence-electron chi connectivity index (χ3n) is 3.35. The summed E-state index contributed by atoms with van der Waals surface area (Å²) in [5.74, 6) is 0. The Hall–Kier alpha value is 1.41. The summed E-state index contributed by atoms with van der Waals surface area (Å²) in [6, 6.07) is 0.380. The van der Waals surface area contributed by atoms with Gasteiger partial charge >= 0.3 is 58.4 Å². The Balaban J connectivity index is 0.00000128. The maximum absolute atomic E-state index is 12.3. The van der Waals surface area contributed by atoms with Crippen LogP contribution in [0.25, 0.3) is 0 Å². The van der Waals surface area contributed by atoms with Gasteiger partial charge in [0.2, 0.25) is 0 Å². The second kappa shape index (κ2) is 6.54. The van der Waals surface area contributed by atoms with Gasteiger partial charge in [-0.2, -0.15) is 0 Å². The van der Waals surface area contributed by atoms with E-state index >= 15 is 0 Å². The van der Waals surface area contributed by atoms with Gasteiger partial charge in [-0.1, -0.05) is 0 Å². The summed E-state index contributed by atoms with van der Waals surface area (Å²) in [6.45, 7) is -1.38. The Morgan fingerprint density at radius 2 is 1.75 bits per heavy atom. The summed E-state index contributed by atoms with van der Waals surface area (Å²) in [7, 11) is 0. The largest absolute Gasteiger partial charge is 1.00 e. The van der Waals surface area contributed by atoms with Crippen molar-refractivity contribution in [2.75, 3.05) is 32.6 Å². The molecule has 2 fully saturated rings. The molecule has 88 valence electrons. The summed E-state index contributed by atoms with van der Waals surface area (Å²) in [5, 5.41) is 0. The smallest absolute Gasteiger partial charge is 0.448 e. The van der Waals surface area contributed by atoms with E-state index in [1.165, 1.54) is 0 Å². The fourth-order valence-electron chi connectivity index (χ4n) is 2.74. The van der Waals surface area contributed by atoms with E-state index in [-0.39, 0.29) is 51.4 Å². The Morgan fingerprint density at radius 1 is 1.06 bits per heavy atom. The minimum absolute atomic E-state index is 0. The number of fused-ring (bicyclic) bond motifs is 1. The van der Waals surface area contributed by atoms with Gasteiger partial charge in [0.15, 0.2) is 0 Å². The molecule has 0 aromatic carbocycles. The molecule has 2 aliphatic heterocycles. The van der Waals surface area contributed by atoms with E-state index < -0.39 is 13.4 Å². The molecular weight excluding hydrogens is 243 g/mol. The SMILES string of the molecule is F[B-](F)(F)CN1CCCN2CCCC2C1.[K+]. The zero-order chi connectivity index (χ0) is 10.9. The minimum atomic E-state index is -4.66. The molecule has 2 rings (SSSR count). The van der Waals surface area contributed by atoms with Gasteiger partial charge in [-0.05, 0) is 45.3 Å². The third kappa shape index (κ3) is 4.59. The van der Waals surface area contributed by atoms with Gasteiger partial charge in [0, 0.05) is 12.6 Å². The fraction of sp³-hybridized carbons (Fsp3) is 1.00. The average Bonchev–Trinajstić information content (AvgIpc) is 2.43. The van der Waals surface area contributed by atoms with Crippen molar-refractivity contribution < 1.29 is 64.3 Å². The van der Waals surface area contributed by atoms with E-state index in [1.807, 2.05) is 0 Å². The van der Waals surface area contributed by atoms with Crippen LogP contribution in [0, 0.1) is 0 Å². The van der Waals surface area contributed by atoms with Gasteiger partial charge in [-0.3, -0.25) is 4.90 Å². The molecule has 0 aromatic heterocycles. The van der Waals surface area contributed by atoms with Crippen LogP contribution in [0.3, 0.4) is 0 Å².